The molecule has 22 heteroatoms. The molecule has 2 aliphatic heterocycles. The summed E-state index contributed by atoms with van der Waals surface area (Å²) in [4.78, 5) is 118. The van der Waals surface area contributed by atoms with Crippen LogP contribution in [0.4, 0.5) is 8.78 Å². The van der Waals surface area contributed by atoms with E-state index in [1.54, 1.807) is 58.3 Å². The fourth-order valence-corrected chi connectivity index (χ4v) is 7.34. The number of Topliss-reactive ketones (excluding diaryl/α,β-unsaturated/α-hetero) is 2. The molecule has 19 nitrogen and oxygen atoms in total. The maximum absolute atomic E-state index is 14.4. The zero-order valence-corrected chi connectivity index (χ0v) is 35.7. The summed E-state index contributed by atoms with van der Waals surface area (Å²) in [6, 6.07) is 22.0. The molecule has 4 aromatic carbocycles. The third kappa shape index (κ3) is 10.7. The van der Waals surface area contributed by atoms with E-state index in [-0.39, 0.29) is 118 Å². The minimum absolute atomic E-state index is 0. The van der Waals surface area contributed by atoms with Crippen molar-refractivity contribution in [2.24, 2.45) is 0 Å². The molecule has 4 heterocycles. The van der Waals surface area contributed by atoms with Gasteiger partial charge in [0.15, 0.2) is 6.29 Å². The number of nitrogens with one attached hydrogen (secondary N) is 2. The number of nitrogens with zero attached hydrogens (tertiary/aromatic N) is 5. The number of aldehydes is 1. The zero-order chi connectivity index (χ0) is 46.9. The van der Waals surface area contributed by atoms with Crippen LogP contribution in [0.1, 0.15) is 62.1 Å². The SMILES string of the molecule is O=C(O)c1ccc(F)c2c(C(=O)C(=O)N3CCN(C(=O)c4ccccc4)CC3)c[nH]c12.O=Cc1ccc(F)c2c(C(=O)C(=O)N3CCN(C(=O)c4ccccc4)CC3)c[nH]c12.O=[N+]([O-])O.[Ag]. The van der Waals surface area contributed by atoms with E-state index in [1.807, 2.05) is 12.1 Å². The maximum atomic E-state index is 14.4. The summed E-state index contributed by atoms with van der Waals surface area (Å²) < 4.78 is 28.7. The Morgan fingerprint density at radius 2 is 0.939 bits per heavy atom. The van der Waals surface area contributed by atoms with Gasteiger partial charge in [0, 0.05) is 115 Å². The van der Waals surface area contributed by atoms with Crippen LogP contribution in [0.3, 0.4) is 0 Å². The van der Waals surface area contributed by atoms with Gasteiger partial charge in [0.2, 0.25) is 0 Å². The van der Waals surface area contributed by atoms with E-state index in [0.29, 0.717) is 30.5 Å². The van der Waals surface area contributed by atoms with Crippen molar-refractivity contribution in [2.75, 3.05) is 52.4 Å². The van der Waals surface area contributed by atoms with Gasteiger partial charge in [-0.25, -0.2) is 13.6 Å². The van der Waals surface area contributed by atoms with Crippen molar-refractivity contribution >= 4 is 69.3 Å². The molecule has 2 saturated heterocycles. The van der Waals surface area contributed by atoms with Crippen molar-refractivity contribution in [3.63, 3.8) is 0 Å². The molecule has 1 radical (unpaired) electrons. The van der Waals surface area contributed by atoms with Crippen molar-refractivity contribution in [3.8, 4) is 0 Å². The van der Waals surface area contributed by atoms with Crippen LogP contribution in [0.15, 0.2) is 97.3 Å². The number of H-pyrrole nitrogens is 2. The molecule has 2 aromatic heterocycles. The number of aromatic amines is 2. The van der Waals surface area contributed by atoms with Gasteiger partial charge in [-0.3, -0.25) is 33.6 Å². The molecular formula is C44H37AgF2N7O12. The molecule has 345 valence electrons. The molecule has 66 heavy (non-hydrogen) atoms. The van der Waals surface area contributed by atoms with Crippen LogP contribution < -0.4 is 0 Å². The Hall–Kier alpha value is -7.88. The molecule has 4 N–H and O–H groups in total. The minimum atomic E-state index is -1.50. The topological polar surface area (TPSA) is 265 Å². The Bertz CT molecular complexity index is 2840. The number of halogens is 2. The normalized spacial score (nSPS) is 13.3. The van der Waals surface area contributed by atoms with Crippen molar-refractivity contribution in [2.45, 2.75) is 0 Å². The van der Waals surface area contributed by atoms with Gasteiger partial charge in [0.25, 0.3) is 40.3 Å². The molecule has 0 saturated carbocycles. The summed E-state index contributed by atoms with van der Waals surface area (Å²) in [7, 11) is 0. The third-order valence-electron chi connectivity index (χ3n) is 10.6. The van der Waals surface area contributed by atoms with E-state index < -0.39 is 46.1 Å². The molecule has 0 bridgehead atoms. The molecule has 4 amide bonds. The number of fused-ring (bicyclic) bond motifs is 2. The van der Waals surface area contributed by atoms with Gasteiger partial charge in [0.1, 0.15) is 11.6 Å². The fourth-order valence-electron chi connectivity index (χ4n) is 7.34. The molecular weight excluding hydrogens is 964 g/mol. The number of carbonyl (C=O) groups is 8. The van der Waals surface area contributed by atoms with E-state index in [2.05, 4.69) is 9.97 Å². The number of hydrogen-bond acceptors (Lipinski definition) is 10. The summed E-state index contributed by atoms with van der Waals surface area (Å²) in [6.07, 6.45) is 2.95. The number of aromatic nitrogens is 2. The van der Waals surface area contributed by atoms with E-state index in [1.165, 1.54) is 22.1 Å². The van der Waals surface area contributed by atoms with E-state index in [4.69, 9.17) is 15.3 Å². The number of carboxylic acids is 1. The Labute approximate surface area is 387 Å². The van der Waals surface area contributed by atoms with Crippen molar-refractivity contribution in [3.05, 3.63) is 152 Å². The summed E-state index contributed by atoms with van der Waals surface area (Å²) in [5, 5.41) is 22.6. The number of amides is 4. The number of benzene rings is 4. The van der Waals surface area contributed by atoms with Gasteiger partial charge in [-0.2, -0.15) is 0 Å². The molecule has 6 aromatic rings. The van der Waals surface area contributed by atoms with Crippen LogP contribution in [0.5, 0.6) is 0 Å². The molecule has 0 spiro atoms. The molecule has 0 atom stereocenters. The number of rotatable bonds is 8. The Morgan fingerprint density at radius 3 is 1.33 bits per heavy atom. The second-order valence-electron chi connectivity index (χ2n) is 14.4. The standard InChI is InChI=1S/C22H18FN3O5.C22H18FN3O4.Ag.HNO3/c23-16-7-6-14(22(30)31)18-17(16)15(12-24-18)19(27)21(29)26-10-8-25(9-11-26)20(28)13-4-2-1-3-5-13;23-17-7-6-15(13-27)19-18(17)16(12-24-19)20(28)22(30)26-10-8-25(9-11-26)21(29)14-4-2-1-3-5-14;;2-1(3)4/h1-7,12,24H,8-11H2,(H,30,31);1-7,12-13,24H,8-11H2;;(H,2,3,4). The second kappa shape index (κ2) is 21.7. The summed E-state index contributed by atoms with van der Waals surface area (Å²) >= 11 is 0. The van der Waals surface area contributed by atoms with Crippen LogP contribution in [0, 0.1) is 21.7 Å². The van der Waals surface area contributed by atoms with Crippen LogP contribution >= 0.6 is 0 Å². The van der Waals surface area contributed by atoms with Crippen molar-refractivity contribution in [1.82, 2.24) is 29.6 Å². The fraction of sp³-hybridized carbons (Fsp3) is 0.182. The monoisotopic (exact) mass is 1000 g/mol. The summed E-state index contributed by atoms with van der Waals surface area (Å²) in [6.45, 7) is 1.84. The number of carboxylic acid groups (broad SMARTS) is 1. The minimum Gasteiger partial charge on any atom is -0.478 e. The second-order valence-corrected chi connectivity index (χ2v) is 14.4. The molecule has 8 rings (SSSR count). The van der Waals surface area contributed by atoms with Crippen LogP contribution in [0.2, 0.25) is 0 Å². The van der Waals surface area contributed by atoms with Gasteiger partial charge >= 0.3 is 5.97 Å². The number of aromatic carboxylic acids is 1. The molecule has 2 fully saturated rings. The van der Waals surface area contributed by atoms with E-state index in [0.717, 1.165) is 24.4 Å². The maximum Gasteiger partial charge on any atom is 0.337 e. The first-order chi connectivity index (χ1) is 31.1. The predicted octanol–water partition coefficient (Wildman–Crippen LogP) is 4.11. The Balaban J connectivity index is 0.000000226. The smallest absolute Gasteiger partial charge is 0.337 e. The number of hydrogen-bond donors (Lipinski definition) is 4. The summed E-state index contributed by atoms with van der Waals surface area (Å²) in [5.41, 5.74) is 0.904. The van der Waals surface area contributed by atoms with Crippen LogP contribution in [0.25, 0.3) is 21.8 Å². The first-order valence-corrected chi connectivity index (χ1v) is 19.6. The first kappa shape index (κ1) is 49.1. The average Bonchev–Trinajstić information content (AvgIpc) is 3.98. The van der Waals surface area contributed by atoms with Crippen molar-refractivity contribution in [1.29, 1.82) is 0 Å². The predicted molar refractivity (Wildman–Crippen MR) is 224 cm³/mol. The van der Waals surface area contributed by atoms with Crippen LogP contribution in [-0.2, 0) is 32.0 Å². The Kier molecular flexibility index (Phi) is 16.1. The first-order valence-electron chi connectivity index (χ1n) is 19.6. The quantitative estimate of drug-likeness (QED) is 0.0419. The number of piperazine rings is 2. The Morgan fingerprint density at radius 1 is 0.576 bits per heavy atom. The van der Waals surface area contributed by atoms with Crippen molar-refractivity contribution < 1.29 is 84.9 Å². The number of carbonyl (C=O) groups excluding carboxylic acids is 7. The van der Waals surface area contributed by atoms with E-state index >= 15 is 0 Å². The molecule has 0 aliphatic carbocycles. The molecule has 0 unspecified atom stereocenters. The largest absolute Gasteiger partial charge is 0.478 e. The third-order valence-corrected chi connectivity index (χ3v) is 10.6. The van der Waals surface area contributed by atoms with Gasteiger partial charge in [-0.05, 0) is 48.5 Å². The van der Waals surface area contributed by atoms with Gasteiger partial charge in [0.05, 0.1) is 27.7 Å². The summed E-state index contributed by atoms with van der Waals surface area (Å²) in [5.74, 6) is -6.43. The van der Waals surface area contributed by atoms with Gasteiger partial charge < -0.3 is 39.9 Å². The molecule has 2 aliphatic rings. The van der Waals surface area contributed by atoms with Gasteiger partial charge in [-0.15, -0.1) is 10.1 Å². The average molecular weight is 1000 g/mol. The zero-order valence-electron chi connectivity index (χ0n) is 34.2. The van der Waals surface area contributed by atoms with Gasteiger partial charge in [-0.1, -0.05) is 36.4 Å². The van der Waals surface area contributed by atoms with E-state index in [9.17, 15) is 52.2 Å². The number of ketones is 2. The van der Waals surface area contributed by atoms with Crippen LogP contribution in [-0.4, -0.2) is 145 Å².